The lowest BCUT2D eigenvalue weighted by Gasteiger charge is -2.26. The molecule has 1 unspecified atom stereocenters. The van der Waals surface area contributed by atoms with Crippen molar-refractivity contribution in [2.75, 3.05) is 44.8 Å². The molecular weight excluding hydrogens is 539 g/mol. The zero-order valence-electron chi connectivity index (χ0n) is 25.2. The number of allylic oxidation sites excluding steroid dienone is 2. The Labute approximate surface area is 247 Å². The zero-order valence-corrected chi connectivity index (χ0v) is 25.2. The van der Waals surface area contributed by atoms with E-state index in [1.165, 1.54) is 18.2 Å². The summed E-state index contributed by atoms with van der Waals surface area (Å²) >= 11 is 0. The van der Waals surface area contributed by atoms with Crippen molar-refractivity contribution in [3.05, 3.63) is 94.0 Å². The van der Waals surface area contributed by atoms with Crippen LogP contribution in [0.15, 0.2) is 71.5 Å². The number of anilines is 1. The van der Waals surface area contributed by atoms with Crippen molar-refractivity contribution in [1.29, 1.82) is 0 Å². The molecule has 1 atom stereocenters. The molecule has 8 nitrogen and oxygen atoms in total. The number of benzene rings is 2. The zero-order chi connectivity index (χ0) is 31.0. The summed E-state index contributed by atoms with van der Waals surface area (Å²) in [5.74, 6) is -1.31. The number of likely N-dealkylation sites (N-methyl/N-ethyl adjacent to an activating group) is 1. The SMILES string of the molecule is C\C=C(COCC)/C(=C(O)\C=C(/C)CN(C)CCC1(C)CN(c2ccc(C(=O)O)cc2C)C(=O)O1)c1ccc(F)cc1. The van der Waals surface area contributed by atoms with Crippen LogP contribution in [0.5, 0.6) is 0 Å². The summed E-state index contributed by atoms with van der Waals surface area (Å²) in [6.07, 6.45) is 3.71. The van der Waals surface area contributed by atoms with Crippen LogP contribution in [0.25, 0.3) is 5.57 Å². The molecule has 0 saturated carbocycles. The molecule has 3 rings (SSSR count). The monoisotopic (exact) mass is 580 g/mol. The van der Waals surface area contributed by atoms with Crippen LogP contribution in [0, 0.1) is 12.7 Å². The maximum absolute atomic E-state index is 13.6. The minimum atomic E-state index is -1.02. The number of aryl methyl sites for hydroxylation is 1. The Balaban J connectivity index is 1.70. The summed E-state index contributed by atoms with van der Waals surface area (Å²) in [5, 5.41) is 20.4. The van der Waals surface area contributed by atoms with Crippen LogP contribution in [0.1, 0.15) is 55.6 Å². The molecule has 1 amide bonds. The van der Waals surface area contributed by atoms with Gasteiger partial charge >= 0.3 is 12.1 Å². The van der Waals surface area contributed by atoms with Gasteiger partial charge < -0.3 is 24.6 Å². The number of carbonyl (C=O) groups is 2. The number of amides is 1. The minimum absolute atomic E-state index is 0.0666. The summed E-state index contributed by atoms with van der Waals surface area (Å²) in [7, 11) is 1.96. The molecule has 2 aromatic rings. The lowest BCUT2D eigenvalue weighted by atomic mass is 9.95. The summed E-state index contributed by atoms with van der Waals surface area (Å²) in [4.78, 5) is 27.7. The average molecular weight is 581 g/mol. The van der Waals surface area contributed by atoms with Crippen molar-refractivity contribution in [3.8, 4) is 0 Å². The van der Waals surface area contributed by atoms with Crippen molar-refractivity contribution < 1.29 is 33.7 Å². The van der Waals surface area contributed by atoms with E-state index < -0.39 is 17.7 Å². The van der Waals surface area contributed by atoms with Crippen LogP contribution in [0.4, 0.5) is 14.9 Å². The Morgan fingerprint density at radius 1 is 1.19 bits per heavy atom. The molecule has 0 radical (unpaired) electrons. The van der Waals surface area contributed by atoms with Crippen LogP contribution < -0.4 is 4.90 Å². The highest BCUT2D eigenvalue weighted by atomic mass is 19.1. The Morgan fingerprint density at radius 2 is 1.86 bits per heavy atom. The molecule has 1 saturated heterocycles. The summed E-state index contributed by atoms with van der Waals surface area (Å²) in [6, 6.07) is 10.7. The van der Waals surface area contributed by atoms with Gasteiger partial charge in [-0.25, -0.2) is 14.0 Å². The van der Waals surface area contributed by atoms with Gasteiger partial charge in [-0.2, -0.15) is 0 Å². The van der Waals surface area contributed by atoms with Crippen molar-refractivity contribution in [1.82, 2.24) is 4.90 Å². The number of hydrogen-bond donors (Lipinski definition) is 2. The molecule has 1 aliphatic rings. The number of carboxylic acids is 1. The second kappa shape index (κ2) is 14.3. The third-order valence-electron chi connectivity index (χ3n) is 7.23. The van der Waals surface area contributed by atoms with Gasteiger partial charge in [0.2, 0.25) is 0 Å². The highest BCUT2D eigenvalue weighted by Gasteiger charge is 2.42. The number of hydrogen-bond acceptors (Lipinski definition) is 6. The van der Waals surface area contributed by atoms with Gasteiger partial charge in [-0.05, 0) is 94.8 Å². The molecule has 2 aromatic carbocycles. The van der Waals surface area contributed by atoms with Crippen LogP contribution in [-0.4, -0.2) is 72.7 Å². The molecule has 0 bridgehead atoms. The fraction of sp³-hybridized carbons (Fsp3) is 0.394. The van der Waals surface area contributed by atoms with Crippen LogP contribution in [0.3, 0.4) is 0 Å². The number of rotatable bonds is 13. The quantitative estimate of drug-likeness (QED) is 0.199. The molecule has 226 valence electrons. The van der Waals surface area contributed by atoms with Crippen molar-refractivity contribution in [2.24, 2.45) is 0 Å². The van der Waals surface area contributed by atoms with Gasteiger partial charge in [0.05, 0.1) is 24.4 Å². The minimum Gasteiger partial charge on any atom is -0.507 e. The molecule has 42 heavy (non-hydrogen) atoms. The van der Waals surface area contributed by atoms with E-state index in [9.17, 15) is 24.2 Å². The van der Waals surface area contributed by atoms with E-state index in [0.29, 0.717) is 61.7 Å². The summed E-state index contributed by atoms with van der Waals surface area (Å²) < 4.78 is 25.0. The van der Waals surface area contributed by atoms with E-state index in [2.05, 4.69) is 4.90 Å². The van der Waals surface area contributed by atoms with Crippen molar-refractivity contribution >= 4 is 23.3 Å². The van der Waals surface area contributed by atoms with Crippen LogP contribution >= 0.6 is 0 Å². The first-order valence-electron chi connectivity index (χ1n) is 14.0. The Kier molecular flexibility index (Phi) is 11.1. The van der Waals surface area contributed by atoms with Crippen LogP contribution in [-0.2, 0) is 9.47 Å². The molecule has 0 aromatic heterocycles. The number of aromatic carboxylic acids is 1. The first kappa shape index (κ1) is 32.6. The molecule has 1 aliphatic heterocycles. The number of halogens is 1. The maximum Gasteiger partial charge on any atom is 0.415 e. The standard InChI is InChI=1S/C33H41FN2O6/c1-7-24(20-41-8-2)30(25-9-12-27(34)13-10-25)29(37)17-22(3)19-35(6)16-15-33(5)21-36(32(40)42-33)28-14-11-26(31(38)39)18-23(28)4/h7,9-14,17-18,37H,8,15-16,19-21H2,1-6H3,(H,38,39)/b22-17+,24-7-,30-29-. The fourth-order valence-corrected chi connectivity index (χ4v) is 5.01. The predicted molar refractivity (Wildman–Crippen MR) is 162 cm³/mol. The predicted octanol–water partition coefficient (Wildman–Crippen LogP) is 6.77. The normalized spacial score (nSPS) is 18.4. The molecule has 1 heterocycles. The Hall–Kier alpha value is -3.95. The molecule has 1 fully saturated rings. The molecular formula is C33H41FN2O6. The van der Waals surface area contributed by atoms with E-state index in [-0.39, 0.29) is 17.1 Å². The molecule has 2 N–H and O–H groups in total. The average Bonchev–Trinajstić information content (AvgIpc) is 3.24. The van der Waals surface area contributed by atoms with E-state index in [1.807, 2.05) is 40.8 Å². The van der Waals surface area contributed by atoms with Gasteiger partial charge in [0.1, 0.15) is 17.2 Å². The Bertz CT molecular complexity index is 1380. The largest absolute Gasteiger partial charge is 0.507 e. The molecule has 0 spiro atoms. The van der Waals surface area contributed by atoms with E-state index >= 15 is 0 Å². The van der Waals surface area contributed by atoms with Gasteiger partial charge in [0, 0.05) is 31.7 Å². The number of ether oxygens (including phenoxy) is 2. The number of aliphatic hydroxyl groups is 1. The maximum atomic E-state index is 13.6. The first-order chi connectivity index (χ1) is 19.9. The number of nitrogens with zero attached hydrogens (tertiary/aromatic N) is 2. The molecule has 0 aliphatic carbocycles. The second-order valence-corrected chi connectivity index (χ2v) is 10.9. The molecule has 9 heteroatoms. The number of carboxylic acid groups (broad SMARTS) is 1. The van der Waals surface area contributed by atoms with Crippen LogP contribution in [0.2, 0.25) is 0 Å². The summed E-state index contributed by atoms with van der Waals surface area (Å²) in [6.45, 7) is 11.7. The topological polar surface area (TPSA) is 99.5 Å². The van der Waals surface area contributed by atoms with E-state index in [1.54, 1.807) is 42.2 Å². The number of aliphatic hydroxyl groups excluding tert-OH is 1. The van der Waals surface area contributed by atoms with Crippen molar-refractivity contribution in [2.45, 2.75) is 46.6 Å². The van der Waals surface area contributed by atoms with E-state index in [0.717, 1.165) is 11.1 Å². The third-order valence-corrected chi connectivity index (χ3v) is 7.23. The summed E-state index contributed by atoms with van der Waals surface area (Å²) in [5.41, 5.74) is 3.74. The van der Waals surface area contributed by atoms with Gasteiger partial charge in [-0.15, -0.1) is 0 Å². The highest BCUT2D eigenvalue weighted by molar-refractivity contribution is 5.93. The number of carbonyl (C=O) groups excluding carboxylic acids is 1. The second-order valence-electron chi connectivity index (χ2n) is 10.9. The third kappa shape index (κ3) is 8.30. The first-order valence-corrected chi connectivity index (χ1v) is 14.0. The van der Waals surface area contributed by atoms with Gasteiger partial charge in [0.15, 0.2) is 0 Å². The lowest BCUT2D eigenvalue weighted by molar-refractivity contribution is 0.0580. The van der Waals surface area contributed by atoms with Gasteiger partial charge in [0.25, 0.3) is 0 Å². The van der Waals surface area contributed by atoms with Gasteiger partial charge in [-0.1, -0.05) is 23.8 Å². The Morgan fingerprint density at radius 3 is 2.45 bits per heavy atom. The van der Waals surface area contributed by atoms with Crippen molar-refractivity contribution in [3.63, 3.8) is 0 Å². The number of cyclic esters (lactones) is 1. The van der Waals surface area contributed by atoms with Gasteiger partial charge in [-0.3, -0.25) is 4.90 Å². The fourth-order valence-electron chi connectivity index (χ4n) is 5.01. The smallest absolute Gasteiger partial charge is 0.415 e. The van der Waals surface area contributed by atoms with E-state index in [4.69, 9.17) is 9.47 Å². The lowest BCUT2D eigenvalue weighted by Crippen LogP contribution is -2.36. The highest BCUT2D eigenvalue weighted by Crippen LogP contribution is 2.33.